The molecule has 3 N–H and O–H groups in total. The van der Waals surface area contributed by atoms with Crippen LogP contribution in [0.4, 0.5) is 18.0 Å². The highest BCUT2D eigenvalue weighted by Gasteiger charge is 2.63. The number of urea groups is 1. The number of nitrogens with one attached hydrogen (secondary N) is 2. The van der Waals surface area contributed by atoms with Crippen molar-refractivity contribution in [1.82, 2.24) is 20.8 Å². The number of hydrogen-bond donors (Lipinski definition) is 3. The second kappa shape index (κ2) is 6.18. The summed E-state index contributed by atoms with van der Waals surface area (Å²) in [5.41, 5.74) is 1.88. The topological polar surface area (TPSA) is 155 Å². The van der Waals surface area contributed by atoms with Gasteiger partial charge in [0.1, 0.15) is 6.04 Å². The fraction of sp³-hybridized carbons (Fsp3) is 0.727. The fourth-order valence-electron chi connectivity index (χ4n) is 3.30. The number of alkyl halides is 3. The van der Waals surface area contributed by atoms with E-state index in [-0.39, 0.29) is 26.2 Å². The quantitative estimate of drug-likeness (QED) is 0.363. The van der Waals surface area contributed by atoms with Gasteiger partial charge >= 0.3 is 28.5 Å². The van der Waals surface area contributed by atoms with Gasteiger partial charge < -0.3 is 9.64 Å². The third kappa shape index (κ3) is 3.52. The molecule has 3 rings (SSSR count). The van der Waals surface area contributed by atoms with E-state index in [2.05, 4.69) is 4.28 Å². The van der Waals surface area contributed by atoms with Gasteiger partial charge in [0.15, 0.2) is 0 Å². The number of fused-ring (bicyclic) bond motifs is 3. The van der Waals surface area contributed by atoms with E-state index in [1.807, 2.05) is 0 Å². The highest BCUT2D eigenvalue weighted by Crippen LogP contribution is 2.47. The summed E-state index contributed by atoms with van der Waals surface area (Å²) in [6.45, 7) is -0.130. The van der Waals surface area contributed by atoms with Crippen molar-refractivity contribution >= 4 is 28.2 Å². The zero-order valence-electron chi connectivity index (χ0n) is 13.2. The number of hydrazine groups is 1. The van der Waals surface area contributed by atoms with E-state index in [4.69, 9.17) is 9.29 Å². The molecule has 3 aliphatic heterocycles. The molecule has 3 aliphatic rings. The molecule has 27 heavy (non-hydrogen) atoms. The van der Waals surface area contributed by atoms with E-state index >= 15 is 0 Å². The van der Waals surface area contributed by atoms with Gasteiger partial charge in [-0.1, -0.05) is 0 Å². The first-order valence-electron chi connectivity index (χ1n) is 7.36. The molecule has 0 aromatic heterocycles. The van der Waals surface area contributed by atoms with Gasteiger partial charge in [0.2, 0.25) is 0 Å². The van der Waals surface area contributed by atoms with Gasteiger partial charge in [-0.3, -0.25) is 25.0 Å². The van der Waals surface area contributed by atoms with Crippen LogP contribution in [0.3, 0.4) is 0 Å². The first-order valence-corrected chi connectivity index (χ1v) is 8.72. The van der Waals surface area contributed by atoms with Crippen molar-refractivity contribution in [3.63, 3.8) is 0 Å². The monoisotopic (exact) mass is 418 g/mol. The highest BCUT2D eigenvalue weighted by atomic mass is 32.3. The molecule has 0 aromatic rings. The van der Waals surface area contributed by atoms with Crippen molar-refractivity contribution in [2.75, 3.05) is 19.8 Å². The summed E-state index contributed by atoms with van der Waals surface area (Å²) in [7, 11) is -5.03. The zero-order chi connectivity index (χ0) is 20.2. The van der Waals surface area contributed by atoms with Gasteiger partial charge in [-0.15, -0.1) is 4.28 Å². The Balaban J connectivity index is 1.78. The maximum atomic E-state index is 12.4. The van der Waals surface area contributed by atoms with E-state index < -0.39 is 51.9 Å². The summed E-state index contributed by atoms with van der Waals surface area (Å²) in [6, 6.07) is -3.26. The molecule has 1 spiro atoms. The molecule has 2 atom stereocenters. The average molecular weight is 418 g/mol. The van der Waals surface area contributed by atoms with Crippen LogP contribution in [-0.4, -0.2) is 78.8 Å². The number of hydroxylamine groups is 2. The summed E-state index contributed by atoms with van der Waals surface area (Å²) in [5.74, 6) is -3.52. The largest absolute Gasteiger partial charge is 0.472 e. The maximum absolute atomic E-state index is 12.4. The Hall–Kier alpha value is -2.17. The molecule has 16 heteroatoms. The minimum absolute atomic E-state index is 0.0306. The van der Waals surface area contributed by atoms with Crippen LogP contribution in [0.25, 0.3) is 0 Å². The third-order valence-electron chi connectivity index (χ3n) is 4.58. The molecule has 0 radical (unpaired) electrons. The lowest BCUT2D eigenvalue weighted by atomic mass is 9.71. The van der Waals surface area contributed by atoms with E-state index in [0.717, 1.165) is 4.90 Å². The minimum atomic E-state index is -5.22. The Kier molecular flexibility index (Phi) is 4.48. The summed E-state index contributed by atoms with van der Waals surface area (Å²) in [5, 5.41) is 0.402. The number of rotatable bonds is 3. The number of halogens is 3. The number of amides is 4. The van der Waals surface area contributed by atoms with Gasteiger partial charge in [0.25, 0.3) is 5.91 Å². The molecule has 3 saturated heterocycles. The predicted octanol–water partition coefficient (Wildman–Crippen LogP) is -1.67. The Morgan fingerprint density at radius 2 is 1.93 bits per heavy atom. The van der Waals surface area contributed by atoms with Crippen LogP contribution < -0.4 is 10.9 Å². The summed E-state index contributed by atoms with van der Waals surface area (Å²) in [4.78, 5) is 36.3. The van der Waals surface area contributed by atoms with E-state index in [1.165, 1.54) is 5.43 Å². The molecule has 0 saturated carbocycles. The van der Waals surface area contributed by atoms with Gasteiger partial charge in [-0.25, -0.2) is 4.79 Å². The molecule has 3 fully saturated rings. The van der Waals surface area contributed by atoms with Crippen molar-refractivity contribution in [3.8, 4) is 0 Å². The van der Waals surface area contributed by atoms with Crippen LogP contribution in [0.1, 0.15) is 6.42 Å². The number of ether oxygens (including phenoxy) is 1. The molecule has 152 valence electrons. The molecule has 2 unspecified atom stereocenters. The number of carbonyl (C=O) groups is 3. The van der Waals surface area contributed by atoms with E-state index in [0.29, 0.717) is 5.06 Å². The van der Waals surface area contributed by atoms with Crippen LogP contribution in [0, 0.1) is 5.41 Å². The van der Waals surface area contributed by atoms with Crippen LogP contribution in [-0.2, 0) is 29.0 Å². The van der Waals surface area contributed by atoms with Crippen LogP contribution in [0.15, 0.2) is 0 Å². The molecule has 12 nitrogen and oxygen atoms in total. The lowest BCUT2D eigenvalue weighted by molar-refractivity contribution is -0.193. The Labute approximate surface area is 149 Å². The SMILES string of the molecule is O=C(NNC(=O)C(F)(F)F)C1CC2(COC2)C2CN1C(=O)N2OS(=O)(=O)O. The van der Waals surface area contributed by atoms with Gasteiger partial charge in [0.05, 0.1) is 19.3 Å². The van der Waals surface area contributed by atoms with Gasteiger partial charge in [-0.05, 0) is 6.42 Å². The third-order valence-corrected chi connectivity index (χ3v) is 4.93. The molecule has 3 heterocycles. The number of hydrogen-bond acceptors (Lipinski definition) is 7. The second-order valence-electron chi connectivity index (χ2n) is 6.30. The van der Waals surface area contributed by atoms with Crippen molar-refractivity contribution in [2.24, 2.45) is 5.41 Å². The van der Waals surface area contributed by atoms with Crippen molar-refractivity contribution in [1.29, 1.82) is 0 Å². The predicted molar refractivity (Wildman–Crippen MR) is 74.4 cm³/mol. The van der Waals surface area contributed by atoms with E-state index in [9.17, 15) is 36.0 Å². The smallest absolute Gasteiger partial charge is 0.380 e. The molecule has 4 amide bonds. The van der Waals surface area contributed by atoms with Crippen LogP contribution in [0.2, 0.25) is 0 Å². The second-order valence-corrected chi connectivity index (χ2v) is 7.30. The number of piperidine rings is 1. The Morgan fingerprint density at radius 1 is 1.30 bits per heavy atom. The molecular weight excluding hydrogens is 405 g/mol. The van der Waals surface area contributed by atoms with Crippen molar-refractivity contribution in [3.05, 3.63) is 0 Å². The normalized spacial score (nSPS) is 26.7. The highest BCUT2D eigenvalue weighted by molar-refractivity contribution is 7.80. The summed E-state index contributed by atoms with van der Waals surface area (Å²) in [6.07, 6.45) is -5.31. The van der Waals surface area contributed by atoms with Crippen LogP contribution >= 0.6 is 0 Å². The first-order chi connectivity index (χ1) is 12.3. The molecule has 0 aliphatic carbocycles. The molecule has 2 bridgehead atoms. The van der Waals surface area contributed by atoms with Gasteiger partial charge in [0, 0.05) is 12.0 Å². The van der Waals surface area contributed by atoms with Crippen molar-refractivity contribution in [2.45, 2.75) is 24.7 Å². The Bertz CT molecular complexity index is 783. The maximum Gasteiger partial charge on any atom is 0.472 e. The first kappa shape index (κ1) is 19.6. The van der Waals surface area contributed by atoms with Crippen LogP contribution in [0.5, 0.6) is 0 Å². The molecule has 0 aromatic carbocycles. The lowest BCUT2D eigenvalue weighted by Gasteiger charge is -2.50. The van der Waals surface area contributed by atoms with Gasteiger partial charge in [-0.2, -0.15) is 26.7 Å². The van der Waals surface area contributed by atoms with E-state index in [1.54, 1.807) is 5.43 Å². The standard InChI is InChI=1S/C11H13F3N4O8S/c12-11(13,14)8(20)16-15-7(19)5-1-10(3-25-4-10)6-2-17(5)9(21)18(6)26-27(22,23)24/h5-6H,1-4H2,(H,15,19)(H,16,20)(H,22,23,24). The summed E-state index contributed by atoms with van der Waals surface area (Å²) < 4.78 is 76.8. The number of carbonyl (C=O) groups excluding carboxylic acids is 3. The summed E-state index contributed by atoms with van der Waals surface area (Å²) >= 11 is 0. The Morgan fingerprint density at radius 3 is 2.41 bits per heavy atom. The fourth-order valence-corrected chi connectivity index (χ4v) is 3.67. The zero-order valence-corrected chi connectivity index (χ0v) is 14.0. The molecular formula is C11H13F3N4O8S. The minimum Gasteiger partial charge on any atom is -0.380 e. The lowest BCUT2D eigenvalue weighted by Crippen LogP contribution is -2.64. The van der Waals surface area contributed by atoms with Crippen molar-refractivity contribution < 1.29 is 49.5 Å². The average Bonchev–Trinajstić information content (AvgIpc) is 2.76. The number of nitrogens with zero attached hydrogens (tertiary/aromatic N) is 2.